The number of esters is 1. The second-order valence-corrected chi connectivity index (χ2v) is 3.09. The van der Waals surface area contributed by atoms with Crippen molar-refractivity contribution >= 4 is 11.7 Å². The van der Waals surface area contributed by atoms with E-state index in [0.717, 1.165) is 5.69 Å². The van der Waals surface area contributed by atoms with Crippen LogP contribution in [0.3, 0.4) is 0 Å². The Labute approximate surface area is 85.9 Å². The van der Waals surface area contributed by atoms with Gasteiger partial charge in [0.15, 0.2) is 5.82 Å². The average Bonchev–Trinajstić information content (AvgIpc) is 2.59. The number of rotatable bonds is 2. The van der Waals surface area contributed by atoms with E-state index in [1.54, 1.807) is 6.20 Å². The average molecular weight is 206 g/mol. The largest absolute Gasteiger partial charge is 0.469 e. The van der Waals surface area contributed by atoms with Gasteiger partial charge in [0, 0.05) is 11.9 Å². The second kappa shape index (κ2) is 3.64. The second-order valence-electron chi connectivity index (χ2n) is 3.09. The lowest BCUT2D eigenvalue weighted by Crippen LogP contribution is -2.05. The van der Waals surface area contributed by atoms with E-state index < -0.39 is 0 Å². The molecule has 2 rings (SSSR count). The number of ether oxygens (including phenoxy) is 1. The van der Waals surface area contributed by atoms with Gasteiger partial charge < -0.3 is 4.74 Å². The molecule has 0 radical (unpaired) electrons. The zero-order valence-electron chi connectivity index (χ0n) is 8.47. The lowest BCUT2D eigenvalue weighted by Gasteiger charge is -1.91. The highest BCUT2D eigenvalue weighted by molar-refractivity contribution is 5.71. The molecule has 0 aromatic carbocycles. The topological polar surface area (TPSA) is 69.4 Å². The van der Waals surface area contributed by atoms with Crippen molar-refractivity contribution < 1.29 is 9.53 Å². The van der Waals surface area contributed by atoms with E-state index >= 15 is 0 Å². The third kappa shape index (κ3) is 1.93. The molecule has 78 valence electrons. The smallest absolute Gasteiger partial charge is 0.313 e. The van der Waals surface area contributed by atoms with E-state index in [2.05, 4.69) is 19.8 Å². The summed E-state index contributed by atoms with van der Waals surface area (Å²) in [5.74, 6) is 0.552. The Morgan fingerprint density at radius 3 is 3.07 bits per heavy atom. The van der Waals surface area contributed by atoms with Crippen molar-refractivity contribution in [3.05, 3.63) is 23.8 Å². The van der Waals surface area contributed by atoms with Gasteiger partial charge in [-0.25, -0.2) is 9.50 Å². The molecule has 0 N–H and O–H groups in total. The highest BCUT2D eigenvalue weighted by Crippen LogP contribution is 2.01. The molecular formula is C9H10N4O2. The molecule has 0 spiro atoms. The molecule has 0 bridgehead atoms. The minimum absolute atomic E-state index is 0.0684. The van der Waals surface area contributed by atoms with Gasteiger partial charge in [-0.05, 0) is 13.0 Å². The summed E-state index contributed by atoms with van der Waals surface area (Å²) in [6.07, 6.45) is 1.82. The van der Waals surface area contributed by atoms with Crippen LogP contribution in [0.1, 0.15) is 11.5 Å². The Bertz CT molecular complexity index is 506. The summed E-state index contributed by atoms with van der Waals surface area (Å²) in [6.45, 7) is 1.87. The summed E-state index contributed by atoms with van der Waals surface area (Å²) in [4.78, 5) is 19.3. The van der Waals surface area contributed by atoms with E-state index in [1.165, 1.54) is 11.6 Å². The van der Waals surface area contributed by atoms with Crippen molar-refractivity contribution in [1.29, 1.82) is 0 Å². The quantitative estimate of drug-likeness (QED) is 0.654. The number of aryl methyl sites for hydroxylation is 1. The first-order valence-corrected chi connectivity index (χ1v) is 4.45. The van der Waals surface area contributed by atoms with Crippen LogP contribution < -0.4 is 0 Å². The number of fused-ring (bicyclic) bond motifs is 1. The SMILES string of the molecule is COC(=O)Cc1nc2nc(C)ccn2n1. The molecular weight excluding hydrogens is 196 g/mol. The Balaban J connectivity index is 2.34. The maximum absolute atomic E-state index is 11.0. The van der Waals surface area contributed by atoms with Crippen LogP contribution in [0.2, 0.25) is 0 Å². The predicted molar refractivity (Wildman–Crippen MR) is 51.2 cm³/mol. The summed E-state index contributed by atoms with van der Waals surface area (Å²) >= 11 is 0. The molecule has 0 fully saturated rings. The van der Waals surface area contributed by atoms with Gasteiger partial charge in [-0.1, -0.05) is 0 Å². The first-order valence-electron chi connectivity index (χ1n) is 4.45. The number of carbonyl (C=O) groups is 1. The van der Waals surface area contributed by atoms with E-state index in [1.807, 2.05) is 13.0 Å². The molecule has 0 aliphatic carbocycles. The molecule has 0 aliphatic heterocycles. The summed E-state index contributed by atoms with van der Waals surface area (Å²) < 4.78 is 6.06. The highest BCUT2D eigenvalue weighted by Gasteiger charge is 2.09. The normalized spacial score (nSPS) is 10.5. The molecule has 15 heavy (non-hydrogen) atoms. The molecule has 0 atom stereocenters. The fraction of sp³-hybridized carbons (Fsp3) is 0.333. The van der Waals surface area contributed by atoms with E-state index in [4.69, 9.17) is 0 Å². The Kier molecular flexibility index (Phi) is 2.32. The fourth-order valence-corrected chi connectivity index (χ4v) is 1.18. The molecule has 0 saturated heterocycles. The van der Waals surface area contributed by atoms with Gasteiger partial charge in [0.1, 0.15) is 6.42 Å². The van der Waals surface area contributed by atoms with Crippen LogP contribution >= 0.6 is 0 Å². The van der Waals surface area contributed by atoms with Gasteiger partial charge in [-0.2, -0.15) is 4.98 Å². The minimum atomic E-state index is -0.359. The number of methoxy groups -OCH3 is 1. The number of nitrogens with zero attached hydrogens (tertiary/aromatic N) is 4. The van der Waals surface area contributed by atoms with E-state index in [9.17, 15) is 4.79 Å². The van der Waals surface area contributed by atoms with E-state index in [-0.39, 0.29) is 12.4 Å². The van der Waals surface area contributed by atoms with Gasteiger partial charge in [0.2, 0.25) is 0 Å². The molecule has 0 amide bonds. The zero-order valence-corrected chi connectivity index (χ0v) is 8.47. The van der Waals surface area contributed by atoms with Crippen LogP contribution in [0.4, 0.5) is 0 Å². The van der Waals surface area contributed by atoms with Crippen molar-refractivity contribution in [2.24, 2.45) is 0 Å². The van der Waals surface area contributed by atoms with Gasteiger partial charge in [-0.3, -0.25) is 4.79 Å². The summed E-state index contributed by atoms with van der Waals surface area (Å²) in [7, 11) is 1.33. The Hall–Kier alpha value is -1.98. The van der Waals surface area contributed by atoms with Crippen LogP contribution in [-0.2, 0) is 16.0 Å². The predicted octanol–water partition coefficient (Wildman–Crippen LogP) is 0.148. The molecule has 2 aromatic heterocycles. The number of aromatic nitrogens is 4. The Morgan fingerprint density at radius 2 is 2.33 bits per heavy atom. The van der Waals surface area contributed by atoms with Crippen molar-refractivity contribution in [1.82, 2.24) is 19.6 Å². The number of hydrogen-bond donors (Lipinski definition) is 0. The van der Waals surface area contributed by atoms with Gasteiger partial charge >= 0.3 is 5.97 Å². The van der Waals surface area contributed by atoms with Crippen molar-refractivity contribution in [3.63, 3.8) is 0 Å². The third-order valence-corrected chi connectivity index (χ3v) is 1.92. The van der Waals surface area contributed by atoms with Crippen LogP contribution in [0.25, 0.3) is 5.78 Å². The monoisotopic (exact) mass is 206 g/mol. The van der Waals surface area contributed by atoms with Gasteiger partial charge in [0.05, 0.1) is 7.11 Å². The van der Waals surface area contributed by atoms with Gasteiger partial charge in [0.25, 0.3) is 5.78 Å². The third-order valence-electron chi connectivity index (χ3n) is 1.92. The first kappa shape index (κ1) is 9.57. The zero-order chi connectivity index (χ0) is 10.8. The Morgan fingerprint density at radius 1 is 1.53 bits per heavy atom. The van der Waals surface area contributed by atoms with Crippen molar-refractivity contribution in [2.75, 3.05) is 7.11 Å². The first-order chi connectivity index (χ1) is 7.19. The van der Waals surface area contributed by atoms with Crippen LogP contribution in [-0.4, -0.2) is 32.7 Å². The number of carbonyl (C=O) groups excluding carboxylic acids is 1. The molecule has 6 heteroatoms. The van der Waals surface area contributed by atoms with Crippen LogP contribution in [0.5, 0.6) is 0 Å². The summed E-state index contributed by atoms with van der Waals surface area (Å²) in [6, 6.07) is 1.82. The highest BCUT2D eigenvalue weighted by atomic mass is 16.5. The molecule has 0 aliphatic rings. The standard InChI is InChI=1S/C9H10N4O2/c1-6-3-4-13-9(10-6)11-7(12-13)5-8(14)15-2/h3-4H,5H2,1-2H3. The van der Waals surface area contributed by atoms with Gasteiger partial charge in [-0.15, -0.1) is 5.10 Å². The minimum Gasteiger partial charge on any atom is -0.469 e. The summed E-state index contributed by atoms with van der Waals surface area (Å²) in [5.41, 5.74) is 0.861. The molecule has 0 saturated carbocycles. The molecule has 2 aromatic rings. The molecule has 6 nitrogen and oxygen atoms in total. The maximum Gasteiger partial charge on any atom is 0.313 e. The molecule has 2 heterocycles. The maximum atomic E-state index is 11.0. The lowest BCUT2D eigenvalue weighted by atomic mass is 10.4. The number of hydrogen-bond acceptors (Lipinski definition) is 5. The van der Waals surface area contributed by atoms with Crippen molar-refractivity contribution in [2.45, 2.75) is 13.3 Å². The lowest BCUT2D eigenvalue weighted by molar-refractivity contribution is -0.139. The fourth-order valence-electron chi connectivity index (χ4n) is 1.18. The van der Waals surface area contributed by atoms with Crippen LogP contribution in [0, 0.1) is 6.92 Å². The molecule has 0 unspecified atom stereocenters. The van der Waals surface area contributed by atoms with Crippen LogP contribution in [0.15, 0.2) is 12.3 Å². The van der Waals surface area contributed by atoms with Crippen molar-refractivity contribution in [3.8, 4) is 0 Å². The summed E-state index contributed by atoms with van der Waals surface area (Å²) in [5, 5.41) is 4.08. The van der Waals surface area contributed by atoms with E-state index in [0.29, 0.717) is 11.6 Å².